The molecule has 7 heteroatoms. The van der Waals surface area contributed by atoms with Gasteiger partial charge in [-0.15, -0.1) is 0 Å². The van der Waals surface area contributed by atoms with Gasteiger partial charge in [0.05, 0.1) is 24.9 Å². The number of Topliss-reactive ketones (excluding diaryl/α,β-unsaturated/α-hetero) is 1. The van der Waals surface area contributed by atoms with E-state index < -0.39 is 5.63 Å². The lowest BCUT2D eigenvalue weighted by Gasteiger charge is -2.12. The summed E-state index contributed by atoms with van der Waals surface area (Å²) in [5.74, 6) is 1.82. The Morgan fingerprint density at radius 1 is 0.941 bits per heavy atom. The number of carbonyl (C=O) groups excluding carboxylic acids is 1. The average molecular weight is 570 g/mol. The average Bonchev–Trinajstić information content (AvgIpc) is 2.86. The van der Waals surface area contributed by atoms with Crippen molar-refractivity contribution in [2.45, 2.75) is 13.3 Å². The molecule has 0 saturated heterocycles. The molecule has 0 bridgehead atoms. The molecule has 4 aromatic rings. The number of benzene rings is 3. The van der Waals surface area contributed by atoms with Gasteiger partial charge >= 0.3 is 5.63 Å². The van der Waals surface area contributed by atoms with E-state index in [4.69, 9.17) is 18.6 Å². The number of hydrogen-bond donors (Lipinski definition) is 0. The molecule has 0 unspecified atom stereocenters. The number of carbonyl (C=O) groups is 1. The van der Waals surface area contributed by atoms with E-state index in [1.807, 2.05) is 37.3 Å². The molecule has 6 nitrogen and oxygen atoms in total. The molecular weight excluding hydrogens is 547 g/mol. The van der Waals surface area contributed by atoms with E-state index in [0.29, 0.717) is 39.3 Å². The number of fused-ring (bicyclic) bond motifs is 1. The van der Waals surface area contributed by atoms with Gasteiger partial charge in [0, 0.05) is 34.1 Å². The van der Waals surface area contributed by atoms with E-state index in [0.717, 1.165) is 20.3 Å². The summed E-state index contributed by atoms with van der Waals surface area (Å²) in [5.41, 5.74) is 3.17. The lowest BCUT2D eigenvalue weighted by atomic mass is 9.97. The minimum Gasteiger partial charge on any atom is -0.497 e. The van der Waals surface area contributed by atoms with Crippen LogP contribution in [0.15, 0.2) is 63.8 Å². The summed E-state index contributed by atoms with van der Waals surface area (Å²) in [6, 6.07) is 16.3. The lowest BCUT2D eigenvalue weighted by molar-refractivity contribution is 0.0992. The van der Waals surface area contributed by atoms with E-state index in [9.17, 15) is 9.59 Å². The molecule has 0 amide bonds. The molecule has 0 saturated carbocycles. The minimum absolute atomic E-state index is 0.0878. The fourth-order valence-electron chi connectivity index (χ4n) is 3.86. The van der Waals surface area contributed by atoms with Crippen LogP contribution in [0.4, 0.5) is 0 Å². The molecule has 0 spiro atoms. The quantitative estimate of drug-likeness (QED) is 0.158. The van der Waals surface area contributed by atoms with Gasteiger partial charge in [-0.1, -0.05) is 12.1 Å². The van der Waals surface area contributed by atoms with Gasteiger partial charge in [0.25, 0.3) is 0 Å². The standard InChI is InChI=1S/C27H23IO6/c1-15-25(28)24(33-4)14-18-10-19(27(30)34-26(15)18)13-22(29)17-8-9-23(32-3)21(12-17)16-6-5-7-20(11-16)31-2/h5-12,14H,13H2,1-4H3. The summed E-state index contributed by atoms with van der Waals surface area (Å²) in [7, 11) is 4.78. The predicted octanol–water partition coefficient (Wildman–Crippen LogP) is 5.82. The Morgan fingerprint density at radius 3 is 2.41 bits per heavy atom. The summed E-state index contributed by atoms with van der Waals surface area (Å²) in [5, 5.41) is 0.712. The zero-order chi connectivity index (χ0) is 24.4. The van der Waals surface area contributed by atoms with Crippen LogP contribution in [0.2, 0.25) is 0 Å². The number of halogens is 1. The van der Waals surface area contributed by atoms with Crippen molar-refractivity contribution < 1.29 is 23.4 Å². The second-order valence-electron chi connectivity index (χ2n) is 7.74. The summed E-state index contributed by atoms with van der Waals surface area (Å²) in [6.45, 7) is 1.87. The van der Waals surface area contributed by atoms with E-state index >= 15 is 0 Å². The zero-order valence-corrected chi connectivity index (χ0v) is 21.4. The van der Waals surface area contributed by atoms with Crippen molar-refractivity contribution in [3.8, 4) is 28.4 Å². The third kappa shape index (κ3) is 4.52. The molecule has 1 heterocycles. The van der Waals surface area contributed by atoms with Crippen LogP contribution in [0.5, 0.6) is 17.2 Å². The zero-order valence-electron chi connectivity index (χ0n) is 19.2. The monoisotopic (exact) mass is 570 g/mol. The van der Waals surface area contributed by atoms with Crippen LogP contribution in [0.3, 0.4) is 0 Å². The van der Waals surface area contributed by atoms with Crippen molar-refractivity contribution in [2.75, 3.05) is 21.3 Å². The van der Waals surface area contributed by atoms with Gasteiger partial charge in [-0.2, -0.15) is 0 Å². The first kappa shape index (κ1) is 23.8. The molecule has 1 aromatic heterocycles. The van der Waals surface area contributed by atoms with Crippen molar-refractivity contribution in [3.63, 3.8) is 0 Å². The Kier molecular flexibility index (Phi) is 6.92. The number of hydrogen-bond acceptors (Lipinski definition) is 6. The Balaban J connectivity index is 1.72. The third-order valence-corrected chi connectivity index (χ3v) is 7.04. The van der Waals surface area contributed by atoms with Crippen molar-refractivity contribution in [1.29, 1.82) is 0 Å². The molecule has 0 atom stereocenters. The van der Waals surface area contributed by atoms with Gasteiger partial charge in [0.2, 0.25) is 0 Å². The fourth-order valence-corrected chi connectivity index (χ4v) is 4.48. The van der Waals surface area contributed by atoms with Gasteiger partial charge in [0.15, 0.2) is 5.78 Å². The van der Waals surface area contributed by atoms with Crippen molar-refractivity contribution >= 4 is 39.3 Å². The number of ketones is 1. The Labute approximate surface area is 210 Å². The summed E-state index contributed by atoms with van der Waals surface area (Å²) in [6.07, 6.45) is -0.0878. The van der Waals surface area contributed by atoms with Crippen LogP contribution in [-0.2, 0) is 6.42 Å². The van der Waals surface area contributed by atoms with Crippen molar-refractivity contribution in [3.05, 3.63) is 85.3 Å². The first-order valence-electron chi connectivity index (χ1n) is 10.5. The normalized spacial score (nSPS) is 10.9. The highest BCUT2D eigenvalue weighted by Crippen LogP contribution is 2.34. The van der Waals surface area contributed by atoms with E-state index in [-0.39, 0.29) is 12.2 Å². The summed E-state index contributed by atoms with van der Waals surface area (Å²) < 4.78 is 22.7. The Morgan fingerprint density at radius 2 is 1.71 bits per heavy atom. The number of rotatable bonds is 7. The lowest BCUT2D eigenvalue weighted by Crippen LogP contribution is -2.13. The Bertz CT molecular complexity index is 1450. The van der Waals surface area contributed by atoms with Gasteiger partial charge < -0.3 is 18.6 Å². The maximum atomic E-state index is 13.2. The molecule has 174 valence electrons. The molecule has 0 N–H and O–H groups in total. The number of methoxy groups -OCH3 is 3. The molecule has 0 aliphatic carbocycles. The van der Waals surface area contributed by atoms with Crippen LogP contribution in [0.1, 0.15) is 21.5 Å². The highest BCUT2D eigenvalue weighted by molar-refractivity contribution is 14.1. The van der Waals surface area contributed by atoms with Gasteiger partial charge in [0.1, 0.15) is 22.8 Å². The molecule has 4 rings (SSSR count). The van der Waals surface area contributed by atoms with Crippen LogP contribution in [0, 0.1) is 10.5 Å². The Hall–Kier alpha value is -3.33. The molecule has 0 radical (unpaired) electrons. The molecule has 0 aliphatic rings. The second-order valence-corrected chi connectivity index (χ2v) is 8.82. The van der Waals surface area contributed by atoms with E-state index in [1.165, 1.54) is 0 Å². The van der Waals surface area contributed by atoms with Crippen molar-refractivity contribution in [1.82, 2.24) is 0 Å². The van der Waals surface area contributed by atoms with E-state index in [1.54, 1.807) is 45.6 Å². The summed E-state index contributed by atoms with van der Waals surface area (Å²) >= 11 is 2.16. The van der Waals surface area contributed by atoms with E-state index in [2.05, 4.69) is 22.6 Å². The maximum Gasteiger partial charge on any atom is 0.339 e. The minimum atomic E-state index is -0.522. The molecule has 0 fully saturated rings. The van der Waals surface area contributed by atoms with Crippen LogP contribution in [-0.4, -0.2) is 27.1 Å². The van der Waals surface area contributed by atoms with Crippen LogP contribution in [0.25, 0.3) is 22.1 Å². The third-order valence-electron chi connectivity index (χ3n) is 5.69. The number of aryl methyl sites for hydroxylation is 1. The predicted molar refractivity (Wildman–Crippen MR) is 140 cm³/mol. The van der Waals surface area contributed by atoms with Gasteiger partial charge in [-0.05, 0) is 77.5 Å². The highest BCUT2D eigenvalue weighted by Gasteiger charge is 2.18. The molecule has 0 aliphatic heterocycles. The molecule has 34 heavy (non-hydrogen) atoms. The smallest absolute Gasteiger partial charge is 0.339 e. The first-order valence-corrected chi connectivity index (χ1v) is 11.6. The van der Waals surface area contributed by atoms with Gasteiger partial charge in [-0.3, -0.25) is 4.79 Å². The summed E-state index contributed by atoms with van der Waals surface area (Å²) in [4.78, 5) is 25.9. The largest absolute Gasteiger partial charge is 0.497 e. The fraction of sp³-hybridized carbons (Fsp3) is 0.185. The molecule has 3 aromatic carbocycles. The number of ether oxygens (including phenoxy) is 3. The highest BCUT2D eigenvalue weighted by atomic mass is 127. The van der Waals surface area contributed by atoms with Crippen LogP contribution >= 0.6 is 22.6 Å². The second kappa shape index (κ2) is 9.89. The van der Waals surface area contributed by atoms with Crippen molar-refractivity contribution in [2.24, 2.45) is 0 Å². The van der Waals surface area contributed by atoms with Crippen LogP contribution < -0.4 is 19.8 Å². The SMILES string of the molecule is COc1cccc(-c2cc(C(=O)Cc3cc4cc(OC)c(I)c(C)c4oc3=O)ccc2OC)c1. The topological polar surface area (TPSA) is 75.0 Å². The maximum absolute atomic E-state index is 13.2. The van der Waals surface area contributed by atoms with Gasteiger partial charge in [-0.25, -0.2) is 4.79 Å². The first-order chi connectivity index (χ1) is 16.4. The molecular formula is C27H23IO6.